The van der Waals surface area contributed by atoms with E-state index in [1.54, 1.807) is 12.1 Å². The second-order valence-electron chi connectivity index (χ2n) is 5.70. The summed E-state index contributed by atoms with van der Waals surface area (Å²) in [6, 6.07) is 7.22. The van der Waals surface area contributed by atoms with Gasteiger partial charge in [-0.1, -0.05) is 6.07 Å². The highest BCUT2D eigenvalue weighted by Crippen LogP contribution is 2.26. The van der Waals surface area contributed by atoms with Crippen molar-refractivity contribution in [2.24, 2.45) is 0 Å². The Balaban J connectivity index is 2.03. The number of hydrogen-bond acceptors (Lipinski definition) is 3. The van der Waals surface area contributed by atoms with E-state index in [1.165, 1.54) is 6.42 Å². The molecule has 0 unspecified atom stereocenters. The molecule has 98 valence electrons. The molecule has 0 heterocycles. The van der Waals surface area contributed by atoms with E-state index >= 15 is 0 Å². The summed E-state index contributed by atoms with van der Waals surface area (Å²) in [4.78, 5) is 11.9. The molecule has 0 bridgehead atoms. The van der Waals surface area contributed by atoms with Crippen LogP contribution in [0, 0.1) is 0 Å². The molecule has 1 aromatic rings. The van der Waals surface area contributed by atoms with Gasteiger partial charge in [-0.25, -0.2) is 4.79 Å². The van der Waals surface area contributed by atoms with Crippen LogP contribution in [0.4, 0.5) is 0 Å². The molecule has 18 heavy (non-hydrogen) atoms. The summed E-state index contributed by atoms with van der Waals surface area (Å²) in [5.74, 6) is 0.449. The molecule has 1 aliphatic rings. The number of carbonyl (C=O) groups excluding carboxylic acids is 1. The molecule has 1 aromatic carbocycles. The zero-order valence-corrected chi connectivity index (χ0v) is 11.2. The first-order valence-corrected chi connectivity index (χ1v) is 6.44. The van der Waals surface area contributed by atoms with E-state index in [0.717, 1.165) is 18.6 Å². The van der Waals surface area contributed by atoms with E-state index < -0.39 is 5.60 Å². The van der Waals surface area contributed by atoms with Gasteiger partial charge < -0.3 is 9.47 Å². The maximum atomic E-state index is 11.9. The second kappa shape index (κ2) is 5.01. The Kier molecular flexibility index (Phi) is 3.60. The molecule has 3 heteroatoms. The Labute approximate surface area is 108 Å². The van der Waals surface area contributed by atoms with E-state index in [2.05, 4.69) is 0 Å². The fourth-order valence-corrected chi connectivity index (χ4v) is 1.71. The lowest BCUT2D eigenvalue weighted by Gasteiger charge is -2.26. The van der Waals surface area contributed by atoms with Crippen LogP contribution in [0.5, 0.6) is 5.75 Å². The van der Waals surface area contributed by atoms with E-state index in [0.29, 0.717) is 11.7 Å². The SMILES string of the molecule is CC(C)(C)OC(=O)c1cccc(OC2CCC2)c1. The van der Waals surface area contributed by atoms with Crippen LogP contribution in [-0.2, 0) is 4.74 Å². The van der Waals surface area contributed by atoms with E-state index in [9.17, 15) is 4.79 Å². The van der Waals surface area contributed by atoms with Crippen molar-refractivity contribution in [3.05, 3.63) is 29.8 Å². The molecule has 1 saturated carbocycles. The number of ether oxygens (including phenoxy) is 2. The standard InChI is InChI=1S/C15H20O3/c1-15(2,3)18-14(16)11-6-4-9-13(10-11)17-12-7-5-8-12/h4,6,9-10,12H,5,7-8H2,1-3H3. The molecule has 0 spiro atoms. The molecule has 1 aliphatic carbocycles. The first kappa shape index (κ1) is 12.9. The zero-order valence-electron chi connectivity index (χ0n) is 11.2. The van der Waals surface area contributed by atoms with Gasteiger partial charge in [-0.15, -0.1) is 0 Å². The number of rotatable bonds is 3. The third kappa shape index (κ3) is 3.49. The molecule has 0 aromatic heterocycles. The average molecular weight is 248 g/mol. The van der Waals surface area contributed by atoms with Crippen molar-refractivity contribution in [1.82, 2.24) is 0 Å². The van der Waals surface area contributed by atoms with Gasteiger partial charge in [-0.3, -0.25) is 0 Å². The third-order valence-corrected chi connectivity index (χ3v) is 2.82. The van der Waals surface area contributed by atoms with Crippen molar-refractivity contribution in [3.8, 4) is 5.75 Å². The number of carbonyl (C=O) groups is 1. The Hall–Kier alpha value is -1.51. The molecule has 3 nitrogen and oxygen atoms in total. The van der Waals surface area contributed by atoms with Crippen LogP contribution in [0.2, 0.25) is 0 Å². The van der Waals surface area contributed by atoms with E-state index in [1.807, 2.05) is 32.9 Å². The summed E-state index contributed by atoms with van der Waals surface area (Å²) in [6.07, 6.45) is 3.77. The Bertz CT molecular complexity index is 428. The molecule has 2 rings (SSSR count). The summed E-state index contributed by atoms with van der Waals surface area (Å²) < 4.78 is 11.1. The van der Waals surface area contributed by atoms with Gasteiger partial charge in [0.2, 0.25) is 0 Å². The van der Waals surface area contributed by atoms with Gasteiger partial charge in [0, 0.05) is 0 Å². The Morgan fingerprint density at radius 1 is 1.28 bits per heavy atom. The maximum Gasteiger partial charge on any atom is 0.338 e. The van der Waals surface area contributed by atoms with Crippen molar-refractivity contribution in [2.75, 3.05) is 0 Å². The average Bonchev–Trinajstić information content (AvgIpc) is 2.22. The largest absolute Gasteiger partial charge is 0.490 e. The van der Waals surface area contributed by atoms with Crippen LogP contribution >= 0.6 is 0 Å². The number of hydrogen-bond donors (Lipinski definition) is 0. The number of esters is 1. The molecule has 0 N–H and O–H groups in total. The first-order chi connectivity index (χ1) is 8.44. The minimum Gasteiger partial charge on any atom is -0.490 e. The van der Waals surface area contributed by atoms with Crippen molar-refractivity contribution in [1.29, 1.82) is 0 Å². The molecule has 0 aliphatic heterocycles. The van der Waals surface area contributed by atoms with Crippen molar-refractivity contribution < 1.29 is 14.3 Å². The molecular formula is C15H20O3. The minimum absolute atomic E-state index is 0.304. The van der Waals surface area contributed by atoms with Crippen LogP contribution < -0.4 is 4.74 Å². The summed E-state index contributed by atoms with van der Waals surface area (Å²) in [6.45, 7) is 5.58. The van der Waals surface area contributed by atoms with Gasteiger partial charge in [0.15, 0.2) is 0 Å². The van der Waals surface area contributed by atoms with Gasteiger partial charge >= 0.3 is 5.97 Å². The highest BCUT2D eigenvalue weighted by Gasteiger charge is 2.21. The van der Waals surface area contributed by atoms with Gasteiger partial charge in [0.1, 0.15) is 11.4 Å². The van der Waals surface area contributed by atoms with Crippen LogP contribution in [0.15, 0.2) is 24.3 Å². The van der Waals surface area contributed by atoms with Crippen LogP contribution in [0.25, 0.3) is 0 Å². The highest BCUT2D eigenvalue weighted by atomic mass is 16.6. The summed E-state index contributed by atoms with van der Waals surface area (Å²) in [5.41, 5.74) is 0.0730. The van der Waals surface area contributed by atoms with Crippen LogP contribution in [0.3, 0.4) is 0 Å². The van der Waals surface area contributed by atoms with Crippen molar-refractivity contribution >= 4 is 5.97 Å². The second-order valence-corrected chi connectivity index (χ2v) is 5.70. The summed E-state index contributed by atoms with van der Waals surface area (Å²) in [5, 5.41) is 0. The molecule has 0 amide bonds. The molecule has 1 fully saturated rings. The van der Waals surface area contributed by atoms with E-state index in [-0.39, 0.29) is 5.97 Å². The first-order valence-electron chi connectivity index (χ1n) is 6.44. The fraction of sp³-hybridized carbons (Fsp3) is 0.533. The Morgan fingerprint density at radius 3 is 2.56 bits per heavy atom. The maximum absolute atomic E-state index is 11.9. The Morgan fingerprint density at radius 2 is 2.00 bits per heavy atom. The lowest BCUT2D eigenvalue weighted by Crippen LogP contribution is -2.25. The lowest BCUT2D eigenvalue weighted by atomic mass is 9.96. The summed E-state index contributed by atoms with van der Waals surface area (Å²) in [7, 11) is 0. The third-order valence-electron chi connectivity index (χ3n) is 2.82. The quantitative estimate of drug-likeness (QED) is 0.767. The normalized spacial score (nSPS) is 15.9. The predicted octanol–water partition coefficient (Wildman–Crippen LogP) is 3.57. The van der Waals surface area contributed by atoms with Gasteiger partial charge in [0.25, 0.3) is 0 Å². The van der Waals surface area contributed by atoms with Crippen LogP contribution in [0.1, 0.15) is 50.4 Å². The van der Waals surface area contributed by atoms with Crippen LogP contribution in [-0.4, -0.2) is 17.7 Å². The van der Waals surface area contributed by atoms with Crippen molar-refractivity contribution in [3.63, 3.8) is 0 Å². The minimum atomic E-state index is -0.470. The molecular weight excluding hydrogens is 228 g/mol. The zero-order chi connectivity index (χ0) is 13.2. The van der Waals surface area contributed by atoms with Gasteiger partial charge in [-0.2, -0.15) is 0 Å². The topological polar surface area (TPSA) is 35.5 Å². The number of benzene rings is 1. The monoisotopic (exact) mass is 248 g/mol. The molecule has 0 radical (unpaired) electrons. The van der Waals surface area contributed by atoms with Gasteiger partial charge in [0.05, 0.1) is 11.7 Å². The van der Waals surface area contributed by atoms with Gasteiger partial charge in [-0.05, 0) is 58.2 Å². The highest BCUT2D eigenvalue weighted by molar-refractivity contribution is 5.90. The molecule has 0 atom stereocenters. The van der Waals surface area contributed by atoms with E-state index in [4.69, 9.17) is 9.47 Å². The summed E-state index contributed by atoms with van der Waals surface area (Å²) >= 11 is 0. The van der Waals surface area contributed by atoms with Crippen molar-refractivity contribution in [2.45, 2.75) is 51.7 Å². The smallest absolute Gasteiger partial charge is 0.338 e. The predicted molar refractivity (Wildman–Crippen MR) is 69.9 cm³/mol. The lowest BCUT2D eigenvalue weighted by molar-refractivity contribution is 0.00686. The fourth-order valence-electron chi connectivity index (χ4n) is 1.71. The molecule has 0 saturated heterocycles.